The maximum absolute atomic E-state index is 11.9. The van der Waals surface area contributed by atoms with Gasteiger partial charge in [0.05, 0.1) is 6.16 Å². The smallest absolute Gasteiger partial charge is 0.380 e. The summed E-state index contributed by atoms with van der Waals surface area (Å²) in [5.74, 6) is 0.396. The third-order valence-electron chi connectivity index (χ3n) is 2.12. The first kappa shape index (κ1) is 11.8. The van der Waals surface area contributed by atoms with E-state index in [2.05, 4.69) is 4.98 Å². The van der Waals surface area contributed by atoms with Crippen molar-refractivity contribution >= 4 is 7.60 Å². The molecule has 5 heteroatoms. The molecule has 17 heavy (non-hydrogen) atoms. The first-order chi connectivity index (χ1) is 8.16. The standard InChI is InChI=1S/C12H12NO3P/c14-17(15,10-11-6-8-13-9-7-11)16-12-4-2-1-3-5-12/h1-9H,10H2,(H,14,15). The number of hydrogen-bond acceptors (Lipinski definition) is 3. The minimum atomic E-state index is -3.66. The van der Waals surface area contributed by atoms with E-state index >= 15 is 0 Å². The molecule has 0 fully saturated rings. The highest BCUT2D eigenvalue weighted by molar-refractivity contribution is 7.52. The number of pyridine rings is 1. The van der Waals surface area contributed by atoms with Crippen LogP contribution in [0.2, 0.25) is 0 Å². The number of hydrogen-bond donors (Lipinski definition) is 1. The summed E-state index contributed by atoms with van der Waals surface area (Å²) in [6.45, 7) is 0. The van der Waals surface area contributed by atoms with Crippen LogP contribution in [0.25, 0.3) is 0 Å². The van der Waals surface area contributed by atoms with Gasteiger partial charge in [0.25, 0.3) is 0 Å². The normalized spacial score (nSPS) is 13.9. The number of rotatable bonds is 4. The molecule has 0 saturated heterocycles. The minimum absolute atomic E-state index is 0.0234. The van der Waals surface area contributed by atoms with Gasteiger partial charge in [0.2, 0.25) is 0 Å². The van der Waals surface area contributed by atoms with Crippen LogP contribution in [0.4, 0.5) is 0 Å². The zero-order valence-corrected chi connectivity index (χ0v) is 9.96. The van der Waals surface area contributed by atoms with Gasteiger partial charge in [-0.1, -0.05) is 18.2 Å². The monoisotopic (exact) mass is 249 g/mol. The van der Waals surface area contributed by atoms with Gasteiger partial charge in [0.15, 0.2) is 0 Å². The second kappa shape index (κ2) is 5.13. The summed E-state index contributed by atoms with van der Waals surface area (Å²) in [5.41, 5.74) is 0.724. The van der Waals surface area contributed by atoms with Gasteiger partial charge < -0.3 is 9.42 Å². The molecular weight excluding hydrogens is 237 g/mol. The molecule has 0 radical (unpaired) electrons. The summed E-state index contributed by atoms with van der Waals surface area (Å²) in [6, 6.07) is 12.0. The Morgan fingerprint density at radius 2 is 1.76 bits per heavy atom. The molecule has 2 aromatic rings. The maximum Gasteiger partial charge on any atom is 0.380 e. The predicted octanol–water partition coefficient (Wildman–Crippen LogP) is 2.85. The topological polar surface area (TPSA) is 59.4 Å². The molecule has 1 aromatic heterocycles. The lowest BCUT2D eigenvalue weighted by molar-refractivity contribution is 0.378. The van der Waals surface area contributed by atoms with Crippen LogP contribution in [0.5, 0.6) is 5.75 Å². The second-order valence-corrected chi connectivity index (χ2v) is 5.33. The molecule has 1 heterocycles. The van der Waals surface area contributed by atoms with E-state index in [1.54, 1.807) is 48.8 Å². The fourth-order valence-electron chi connectivity index (χ4n) is 1.40. The molecule has 2 rings (SSSR count). The molecule has 1 N–H and O–H groups in total. The van der Waals surface area contributed by atoms with E-state index < -0.39 is 7.60 Å². The van der Waals surface area contributed by atoms with Gasteiger partial charge in [0.1, 0.15) is 5.75 Å². The Kier molecular flexibility index (Phi) is 3.57. The molecular formula is C12H12NO3P. The summed E-state index contributed by atoms with van der Waals surface area (Å²) >= 11 is 0. The van der Waals surface area contributed by atoms with Crippen molar-refractivity contribution in [3.63, 3.8) is 0 Å². The first-order valence-corrected chi connectivity index (χ1v) is 6.87. The van der Waals surface area contributed by atoms with Gasteiger partial charge in [-0.25, -0.2) is 4.57 Å². The first-order valence-electron chi connectivity index (χ1n) is 5.11. The van der Waals surface area contributed by atoms with Crippen molar-refractivity contribution in [2.45, 2.75) is 6.16 Å². The van der Waals surface area contributed by atoms with E-state index in [9.17, 15) is 9.46 Å². The molecule has 1 unspecified atom stereocenters. The van der Waals surface area contributed by atoms with Crippen LogP contribution in [0.1, 0.15) is 5.56 Å². The number of para-hydroxylation sites is 1. The van der Waals surface area contributed by atoms with E-state index in [1.807, 2.05) is 6.07 Å². The van der Waals surface area contributed by atoms with Gasteiger partial charge in [-0.15, -0.1) is 0 Å². The average molecular weight is 249 g/mol. The Labute approximate surface area is 99.4 Å². The van der Waals surface area contributed by atoms with Crippen molar-refractivity contribution in [2.75, 3.05) is 0 Å². The molecule has 0 aliphatic carbocycles. The Morgan fingerprint density at radius 3 is 2.41 bits per heavy atom. The third-order valence-corrected chi connectivity index (χ3v) is 3.38. The van der Waals surface area contributed by atoms with Crippen molar-refractivity contribution < 1.29 is 14.0 Å². The maximum atomic E-state index is 11.9. The summed E-state index contributed by atoms with van der Waals surface area (Å²) in [7, 11) is -3.66. The van der Waals surface area contributed by atoms with Crippen molar-refractivity contribution in [2.24, 2.45) is 0 Å². The summed E-state index contributed by atoms with van der Waals surface area (Å²) < 4.78 is 17.0. The van der Waals surface area contributed by atoms with E-state index in [1.165, 1.54) is 0 Å². The quantitative estimate of drug-likeness (QED) is 0.846. The van der Waals surface area contributed by atoms with E-state index in [0.717, 1.165) is 5.56 Å². The minimum Gasteiger partial charge on any atom is -0.424 e. The molecule has 4 nitrogen and oxygen atoms in total. The van der Waals surface area contributed by atoms with Crippen molar-refractivity contribution in [3.05, 3.63) is 60.4 Å². The summed E-state index contributed by atoms with van der Waals surface area (Å²) in [6.07, 6.45) is 3.14. The largest absolute Gasteiger partial charge is 0.424 e. The van der Waals surface area contributed by atoms with Gasteiger partial charge in [0, 0.05) is 12.4 Å². The van der Waals surface area contributed by atoms with Crippen LogP contribution in [-0.4, -0.2) is 9.88 Å². The Morgan fingerprint density at radius 1 is 1.12 bits per heavy atom. The molecule has 88 valence electrons. The van der Waals surface area contributed by atoms with Crippen LogP contribution in [0, 0.1) is 0 Å². The zero-order valence-electron chi connectivity index (χ0n) is 9.06. The van der Waals surface area contributed by atoms with Crippen molar-refractivity contribution in [1.82, 2.24) is 4.98 Å². The predicted molar refractivity (Wildman–Crippen MR) is 64.8 cm³/mol. The lowest BCUT2D eigenvalue weighted by atomic mass is 10.3. The van der Waals surface area contributed by atoms with Crippen LogP contribution in [0.15, 0.2) is 54.9 Å². The molecule has 0 spiro atoms. The molecule has 0 aliphatic heterocycles. The Bertz CT molecular complexity index is 470. The van der Waals surface area contributed by atoms with Crippen molar-refractivity contribution in [3.8, 4) is 5.75 Å². The number of benzene rings is 1. The highest BCUT2D eigenvalue weighted by atomic mass is 31.2. The van der Waals surface area contributed by atoms with Gasteiger partial charge in [-0.3, -0.25) is 4.98 Å². The van der Waals surface area contributed by atoms with Crippen LogP contribution >= 0.6 is 7.60 Å². The molecule has 1 aromatic carbocycles. The molecule has 1 atom stereocenters. The fourth-order valence-corrected chi connectivity index (χ4v) is 2.59. The third kappa shape index (κ3) is 3.70. The summed E-state index contributed by atoms with van der Waals surface area (Å²) in [4.78, 5) is 13.6. The van der Waals surface area contributed by atoms with Crippen LogP contribution < -0.4 is 4.52 Å². The van der Waals surface area contributed by atoms with Crippen molar-refractivity contribution in [1.29, 1.82) is 0 Å². The van der Waals surface area contributed by atoms with Crippen LogP contribution in [-0.2, 0) is 10.7 Å². The summed E-state index contributed by atoms with van der Waals surface area (Å²) in [5, 5.41) is 0. The Hall–Kier alpha value is -1.64. The molecule has 0 aliphatic rings. The number of aromatic nitrogens is 1. The number of nitrogens with zero attached hydrogens (tertiary/aromatic N) is 1. The highest BCUT2D eigenvalue weighted by Crippen LogP contribution is 2.45. The Balaban J connectivity index is 2.07. The molecule has 0 amide bonds. The van der Waals surface area contributed by atoms with Gasteiger partial charge >= 0.3 is 7.60 Å². The van der Waals surface area contributed by atoms with E-state index in [0.29, 0.717) is 5.75 Å². The van der Waals surface area contributed by atoms with Crippen LogP contribution in [0.3, 0.4) is 0 Å². The molecule has 0 saturated carbocycles. The lowest BCUT2D eigenvalue weighted by Crippen LogP contribution is -1.96. The van der Waals surface area contributed by atoms with Gasteiger partial charge in [-0.2, -0.15) is 0 Å². The SMILES string of the molecule is O=P(O)(Cc1ccncc1)Oc1ccccc1. The van der Waals surface area contributed by atoms with E-state index in [4.69, 9.17) is 4.52 Å². The highest BCUT2D eigenvalue weighted by Gasteiger charge is 2.21. The fraction of sp³-hybridized carbons (Fsp3) is 0.0833. The lowest BCUT2D eigenvalue weighted by Gasteiger charge is -2.13. The second-order valence-electron chi connectivity index (χ2n) is 3.56. The van der Waals surface area contributed by atoms with Gasteiger partial charge in [-0.05, 0) is 29.8 Å². The zero-order chi connectivity index (χ0) is 12.1. The van der Waals surface area contributed by atoms with E-state index in [-0.39, 0.29) is 6.16 Å². The average Bonchev–Trinajstić information content (AvgIpc) is 2.30. The molecule has 0 bridgehead atoms.